The topological polar surface area (TPSA) is 81.6 Å². The number of pyridine rings is 1. The molecular weight excluding hydrogens is 478 g/mol. The Kier molecular flexibility index (Phi) is 6.52. The van der Waals surface area contributed by atoms with Crippen molar-refractivity contribution < 1.29 is 14.2 Å². The number of nitrogens with zero attached hydrogens (tertiary/aromatic N) is 4. The van der Waals surface area contributed by atoms with E-state index in [-0.39, 0.29) is 0 Å². The Morgan fingerprint density at radius 1 is 0.737 bits per heavy atom. The van der Waals surface area contributed by atoms with Gasteiger partial charge in [0.1, 0.15) is 11.5 Å². The van der Waals surface area contributed by atoms with Crippen LogP contribution < -0.4 is 24.4 Å². The van der Waals surface area contributed by atoms with Crippen molar-refractivity contribution in [1.29, 1.82) is 0 Å². The van der Waals surface area contributed by atoms with Crippen LogP contribution in [0.4, 0.5) is 17.3 Å². The number of ether oxygens (including phenoxy) is 3. The number of hydrogen-bond donors (Lipinski definition) is 1. The van der Waals surface area contributed by atoms with Crippen LogP contribution in [0.3, 0.4) is 0 Å². The highest BCUT2D eigenvalue weighted by molar-refractivity contribution is 5.99. The van der Waals surface area contributed by atoms with Crippen LogP contribution in [0.5, 0.6) is 23.0 Å². The summed E-state index contributed by atoms with van der Waals surface area (Å²) >= 11 is 0. The Morgan fingerprint density at radius 2 is 1.47 bits per heavy atom. The van der Waals surface area contributed by atoms with Crippen molar-refractivity contribution in [3.63, 3.8) is 0 Å². The number of methoxy groups -OCH3 is 2. The lowest BCUT2D eigenvalue weighted by Crippen LogP contribution is -2.30. The predicted octanol–water partition coefficient (Wildman–Crippen LogP) is 6.72. The molecule has 0 atom stereocenters. The molecule has 1 saturated heterocycles. The molecule has 0 bridgehead atoms. The van der Waals surface area contributed by atoms with Gasteiger partial charge in [0, 0.05) is 47.2 Å². The lowest BCUT2D eigenvalue weighted by atomic mass is 10.1. The fourth-order valence-electron chi connectivity index (χ4n) is 4.93. The summed E-state index contributed by atoms with van der Waals surface area (Å²) in [4.78, 5) is 6.80. The van der Waals surface area contributed by atoms with Crippen molar-refractivity contribution in [3.05, 3.63) is 72.9 Å². The van der Waals surface area contributed by atoms with Gasteiger partial charge in [-0.2, -0.15) is 0 Å². The standard InChI is InChI=1S/C30H29N5O3/c1-36-27-18-24-25(19-28(27)37-2)31-15-14-26(24)38-21-12-10-20(11-13-21)32-29-22-8-4-5-9-23(22)30(34-33-29)35-16-6-3-7-17-35/h4-5,8-15,18-19H,3,6-7,16-17H2,1-2H3,(H,32,33). The van der Waals surface area contributed by atoms with E-state index >= 15 is 0 Å². The average Bonchev–Trinajstić information content (AvgIpc) is 2.98. The highest BCUT2D eigenvalue weighted by Gasteiger charge is 2.17. The maximum absolute atomic E-state index is 6.23. The molecule has 8 nitrogen and oxygen atoms in total. The van der Waals surface area contributed by atoms with Crippen LogP contribution in [0.25, 0.3) is 21.7 Å². The zero-order valence-electron chi connectivity index (χ0n) is 21.5. The second-order valence-corrected chi connectivity index (χ2v) is 9.25. The molecule has 1 fully saturated rings. The highest BCUT2D eigenvalue weighted by Crippen LogP contribution is 2.37. The Bertz CT molecular complexity index is 1580. The zero-order chi connectivity index (χ0) is 25.9. The summed E-state index contributed by atoms with van der Waals surface area (Å²) in [6, 6.07) is 21.7. The van der Waals surface area contributed by atoms with Gasteiger partial charge >= 0.3 is 0 Å². The molecule has 5 aromatic rings. The molecule has 0 spiro atoms. The summed E-state index contributed by atoms with van der Waals surface area (Å²) in [7, 11) is 3.22. The van der Waals surface area contributed by atoms with Gasteiger partial charge in [0.25, 0.3) is 0 Å². The first kappa shape index (κ1) is 23.8. The fraction of sp³-hybridized carbons (Fsp3) is 0.233. The van der Waals surface area contributed by atoms with Crippen LogP contribution in [0, 0.1) is 0 Å². The molecule has 1 N–H and O–H groups in total. The molecule has 0 aliphatic carbocycles. The Labute approximate surface area is 221 Å². The van der Waals surface area contributed by atoms with Crippen molar-refractivity contribution in [2.24, 2.45) is 0 Å². The van der Waals surface area contributed by atoms with Gasteiger partial charge in [-0.15, -0.1) is 10.2 Å². The molecule has 8 heteroatoms. The molecule has 1 aliphatic rings. The van der Waals surface area contributed by atoms with Gasteiger partial charge in [-0.25, -0.2) is 0 Å². The molecular formula is C30H29N5O3. The largest absolute Gasteiger partial charge is 0.493 e. The van der Waals surface area contributed by atoms with Crippen molar-refractivity contribution >= 4 is 39.0 Å². The van der Waals surface area contributed by atoms with E-state index in [1.54, 1.807) is 20.4 Å². The van der Waals surface area contributed by atoms with Crippen LogP contribution in [0.15, 0.2) is 72.9 Å². The van der Waals surface area contributed by atoms with Crippen molar-refractivity contribution in [1.82, 2.24) is 15.2 Å². The van der Waals surface area contributed by atoms with Crippen molar-refractivity contribution in [2.45, 2.75) is 19.3 Å². The first-order chi connectivity index (χ1) is 18.7. The maximum atomic E-state index is 6.23. The number of fused-ring (bicyclic) bond motifs is 2. The van der Waals surface area contributed by atoms with Gasteiger partial charge in [-0.1, -0.05) is 24.3 Å². The number of piperidine rings is 1. The lowest BCUT2D eigenvalue weighted by molar-refractivity contribution is 0.355. The third kappa shape index (κ3) is 4.61. The molecule has 38 heavy (non-hydrogen) atoms. The summed E-state index contributed by atoms with van der Waals surface area (Å²) in [5, 5.41) is 15.6. The number of hydrogen-bond acceptors (Lipinski definition) is 8. The molecule has 0 unspecified atom stereocenters. The molecule has 0 amide bonds. The van der Waals surface area contributed by atoms with E-state index in [4.69, 9.17) is 14.2 Å². The first-order valence-corrected chi connectivity index (χ1v) is 12.8. The van der Waals surface area contributed by atoms with Crippen LogP contribution in [0.1, 0.15) is 19.3 Å². The zero-order valence-corrected chi connectivity index (χ0v) is 21.5. The minimum Gasteiger partial charge on any atom is -0.493 e. The molecule has 0 radical (unpaired) electrons. The predicted molar refractivity (Wildman–Crippen MR) is 150 cm³/mol. The normalized spacial score (nSPS) is 13.5. The minimum atomic E-state index is 0.622. The van der Waals surface area contributed by atoms with Gasteiger partial charge < -0.3 is 24.4 Å². The summed E-state index contributed by atoms with van der Waals surface area (Å²) < 4.78 is 17.1. The first-order valence-electron chi connectivity index (χ1n) is 12.8. The third-order valence-electron chi connectivity index (χ3n) is 6.88. The molecule has 1 aliphatic heterocycles. The van der Waals surface area contributed by atoms with Gasteiger partial charge in [0.2, 0.25) is 0 Å². The van der Waals surface area contributed by atoms with Crippen molar-refractivity contribution in [2.75, 3.05) is 37.5 Å². The summed E-state index contributed by atoms with van der Waals surface area (Å²) in [6.07, 6.45) is 5.39. The van der Waals surface area contributed by atoms with Gasteiger partial charge in [-0.3, -0.25) is 4.98 Å². The number of nitrogens with one attached hydrogen (secondary N) is 1. The number of rotatable bonds is 7. The molecule has 2 aromatic heterocycles. The summed E-state index contributed by atoms with van der Waals surface area (Å²) in [5.74, 6) is 4.33. The molecule has 192 valence electrons. The Balaban J connectivity index is 1.24. The number of benzene rings is 3. The number of anilines is 3. The van der Waals surface area contributed by atoms with E-state index in [9.17, 15) is 0 Å². The summed E-state index contributed by atoms with van der Waals surface area (Å²) in [5.41, 5.74) is 1.66. The van der Waals surface area contributed by atoms with E-state index in [1.807, 2.05) is 48.5 Å². The second kappa shape index (κ2) is 10.4. The molecule has 3 aromatic carbocycles. The Hall–Kier alpha value is -4.59. The minimum absolute atomic E-state index is 0.622. The number of aromatic nitrogens is 3. The molecule has 6 rings (SSSR count). The third-order valence-corrected chi connectivity index (χ3v) is 6.88. The van der Waals surface area contributed by atoms with Crippen molar-refractivity contribution in [3.8, 4) is 23.0 Å². The van der Waals surface area contributed by atoms with E-state index in [2.05, 4.69) is 43.6 Å². The monoisotopic (exact) mass is 507 g/mol. The Morgan fingerprint density at radius 3 is 2.24 bits per heavy atom. The molecule has 3 heterocycles. The van der Waals surface area contributed by atoms with E-state index in [0.717, 1.165) is 52.1 Å². The maximum Gasteiger partial charge on any atom is 0.162 e. The van der Waals surface area contributed by atoms with Gasteiger partial charge in [-0.05, 0) is 55.7 Å². The lowest BCUT2D eigenvalue weighted by Gasteiger charge is -2.28. The van der Waals surface area contributed by atoms with Gasteiger partial charge in [0.05, 0.1) is 19.7 Å². The second-order valence-electron chi connectivity index (χ2n) is 9.25. The van der Waals surface area contributed by atoms with Crippen LogP contribution in [0.2, 0.25) is 0 Å². The van der Waals surface area contributed by atoms with Crippen LogP contribution >= 0.6 is 0 Å². The van der Waals surface area contributed by atoms with E-state index in [0.29, 0.717) is 23.0 Å². The van der Waals surface area contributed by atoms with Crippen LogP contribution in [-0.4, -0.2) is 42.5 Å². The quantitative estimate of drug-likeness (QED) is 0.260. The van der Waals surface area contributed by atoms with E-state index in [1.165, 1.54) is 19.3 Å². The van der Waals surface area contributed by atoms with E-state index < -0.39 is 0 Å². The van der Waals surface area contributed by atoms with Crippen LogP contribution in [-0.2, 0) is 0 Å². The summed E-state index contributed by atoms with van der Waals surface area (Å²) in [6.45, 7) is 2.06. The molecule has 0 saturated carbocycles. The average molecular weight is 508 g/mol. The van der Waals surface area contributed by atoms with Gasteiger partial charge in [0.15, 0.2) is 23.1 Å². The highest BCUT2D eigenvalue weighted by atomic mass is 16.5. The smallest absolute Gasteiger partial charge is 0.162 e. The fourth-order valence-corrected chi connectivity index (χ4v) is 4.93. The SMILES string of the molecule is COc1cc2nccc(Oc3ccc(Nc4nnc(N5CCCCC5)c5ccccc45)cc3)c2cc1OC.